The van der Waals surface area contributed by atoms with Crippen molar-refractivity contribution in [2.75, 3.05) is 20.2 Å². The van der Waals surface area contributed by atoms with Crippen LogP contribution in [0.2, 0.25) is 0 Å². The largest absolute Gasteiger partial charge is 0.455 e. The molecule has 6 rings (SSSR count). The van der Waals surface area contributed by atoms with Crippen molar-refractivity contribution < 1.29 is 33.8 Å². The van der Waals surface area contributed by atoms with Gasteiger partial charge < -0.3 is 29.3 Å². The summed E-state index contributed by atoms with van der Waals surface area (Å²) in [7, 11) is 1.69. The third-order valence-electron chi connectivity index (χ3n) is 11.9. The summed E-state index contributed by atoms with van der Waals surface area (Å²) < 4.78 is 13.3. The van der Waals surface area contributed by atoms with Gasteiger partial charge in [0.15, 0.2) is 0 Å². The van der Waals surface area contributed by atoms with Crippen molar-refractivity contribution in [3.63, 3.8) is 0 Å². The second-order valence-electron chi connectivity index (χ2n) is 14.9. The van der Waals surface area contributed by atoms with Crippen molar-refractivity contribution in [3.8, 4) is 0 Å². The van der Waals surface area contributed by atoms with Crippen LogP contribution in [0.3, 0.4) is 0 Å². The molecule has 4 fully saturated rings. The first-order chi connectivity index (χ1) is 25.6. The van der Waals surface area contributed by atoms with Gasteiger partial charge in [-0.1, -0.05) is 108 Å². The summed E-state index contributed by atoms with van der Waals surface area (Å²) in [6.07, 6.45) is 7.74. The molecular weight excluding hydrogens is 738 g/mol. The lowest BCUT2D eigenvalue weighted by Crippen LogP contribution is -2.59. The van der Waals surface area contributed by atoms with E-state index in [-0.39, 0.29) is 29.1 Å². The van der Waals surface area contributed by atoms with Gasteiger partial charge in [0.05, 0.1) is 36.6 Å². The van der Waals surface area contributed by atoms with E-state index in [1.165, 1.54) is 4.90 Å². The highest BCUT2D eigenvalue weighted by Crippen LogP contribution is 2.62. The number of likely N-dealkylation sites (N-methyl/N-ethyl adjacent to an activating group) is 1. The van der Waals surface area contributed by atoms with Crippen LogP contribution < -0.4 is 0 Å². The molecule has 3 heterocycles. The minimum atomic E-state index is -1.35. The van der Waals surface area contributed by atoms with E-state index in [4.69, 9.17) is 9.47 Å². The van der Waals surface area contributed by atoms with Crippen LogP contribution in [-0.4, -0.2) is 98.4 Å². The summed E-state index contributed by atoms with van der Waals surface area (Å²) in [6.45, 7) is 9.40. The summed E-state index contributed by atoms with van der Waals surface area (Å²) in [5.74, 6) is -3.49. The number of allylic oxidation sites excluding steroid dienone is 1. The molecular formula is C42H52BrN3O7. The van der Waals surface area contributed by atoms with Crippen LogP contribution in [0, 0.1) is 11.8 Å². The number of nitrogens with zero attached hydrogens (tertiary/aromatic N) is 3. The molecule has 1 unspecified atom stereocenters. The zero-order valence-electron chi connectivity index (χ0n) is 30.7. The molecule has 3 amide bonds. The van der Waals surface area contributed by atoms with Crippen LogP contribution >= 0.6 is 15.9 Å². The first kappa shape index (κ1) is 38.9. The molecule has 3 saturated heterocycles. The number of alkyl halides is 1. The van der Waals surface area contributed by atoms with E-state index in [2.05, 4.69) is 29.1 Å². The number of benzene rings is 2. The molecule has 4 aliphatic rings. The zero-order valence-corrected chi connectivity index (χ0v) is 32.3. The summed E-state index contributed by atoms with van der Waals surface area (Å²) in [5.41, 5.74) is 0.0325. The number of aliphatic hydroxyl groups excluding tert-OH is 1. The molecule has 0 aromatic heterocycles. The van der Waals surface area contributed by atoms with Gasteiger partial charge >= 0.3 is 5.97 Å². The Labute approximate surface area is 321 Å². The fraction of sp³-hybridized carbons (Fsp3) is 0.524. The Bertz CT molecular complexity index is 1650. The Morgan fingerprint density at radius 3 is 2.28 bits per heavy atom. The van der Waals surface area contributed by atoms with E-state index >= 15 is 9.59 Å². The zero-order chi connectivity index (χ0) is 37.9. The normalized spacial score (nSPS) is 28.1. The van der Waals surface area contributed by atoms with Crippen molar-refractivity contribution in [1.82, 2.24) is 14.7 Å². The fourth-order valence-corrected chi connectivity index (χ4v) is 10.2. The number of rotatable bonds is 15. The Kier molecular flexibility index (Phi) is 12.3. The smallest absolute Gasteiger partial charge is 0.313 e. The number of carbonyl (C=O) groups excluding carboxylic acids is 4. The number of halogens is 1. The minimum Gasteiger partial charge on any atom is -0.455 e. The van der Waals surface area contributed by atoms with Gasteiger partial charge in [0.1, 0.15) is 17.7 Å². The second-order valence-corrected chi connectivity index (χ2v) is 16.1. The lowest BCUT2D eigenvalue weighted by atomic mass is 9.70. The molecule has 11 heteroatoms. The van der Waals surface area contributed by atoms with Gasteiger partial charge in [0.2, 0.25) is 17.7 Å². The highest BCUT2D eigenvalue weighted by Gasteiger charge is 2.78. The predicted molar refractivity (Wildman–Crippen MR) is 205 cm³/mol. The Hall–Kier alpha value is -3.80. The van der Waals surface area contributed by atoms with Crippen LogP contribution in [0.4, 0.5) is 0 Å². The summed E-state index contributed by atoms with van der Waals surface area (Å²) in [6, 6.07) is 15.9. The summed E-state index contributed by atoms with van der Waals surface area (Å²) in [5, 5.41) is 10.9. The molecule has 2 aromatic carbocycles. The molecule has 1 spiro atoms. The van der Waals surface area contributed by atoms with E-state index in [0.29, 0.717) is 30.5 Å². The number of amides is 3. The summed E-state index contributed by atoms with van der Waals surface area (Å²) >= 11 is 3.79. The summed E-state index contributed by atoms with van der Waals surface area (Å²) in [4.78, 5) is 62.7. The monoisotopic (exact) mass is 789 g/mol. The van der Waals surface area contributed by atoms with Crippen molar-refractivity contribution in [1.29, 1.82) is 0 Å². The maximum Gasteiger partial charge on any atom is 0.313 e. The van der Waals surface area contributed by atoms with E-state index in [1.807, 2.05) is 72.5 Å². The molecule has 1 N–H and O–H groups in total. The standard InChI is InChI=1S/C42H52BrN3O7/c1-5-7-23-33(48)44(4)27(3)36(29-19-13-9-14-20-29)52-41(51)34-35-39(49)46(32(26-47)28-17-11-8-12-18-28)38(42(35)25-31(43)37(34)53-42)40(50)45(24-6-2)30-21-15-10-16-22-30/h5-6,8-9,11-14,17-20,27,30-32,34-38,47H,1-2,7,10,15-16,21-26H2,3-4H3/t27-,31?,32-,34-,35+,36+,37-,38-,42+/m1/s1. The Balaban J connectivity index is 1.40. The molecule has 10 nitrogen and oxygen atoms in total. The lowest BCUT2D eigenvalue weighted by molar-refractivity contribution is -0.165. The van der Waals surface area contributed by atoms with Gasteiger partial charge in [-0.05, 0) is 43.7 Å². The highest BCUT2D eigenvalue weighted by molar-refractivity contribution is 9.09. The molecule has 1 saturated carbocycles. The lowest BCUT2D eigenvalue weighted by Gasteiger charge is -2.42. The molecule has 1 aliphatic carbocycles. The molecule has 3 aliphatic heterocycles. The van der Waals surface area contributed by atoms with Crippen molar-refractivity contribution in [2.45, 2.75) is 105 Å². The van der Waals surface area contributed by atoms with Crippen LogP contribution in [-0.2, 0) is 28.7 Å². The maximum absolute atomic E-state index is 15.2. The number of fused-ring (bicyclic) bond motifs is 1. The van der Waals surface area contributed by atoms with Gasteiger partial charge in [-0.25, -0.2) is 0 Å². The SMILES string of the molecule is C=CCCC(=O)N(C)[C@H](C)[C@H](OC(=O)[C@H]1[C@@H]2O[C@@]3(CC2Br)[C@@H]1C(=O)N([C@H](CO)c1ccccc1)[C@@H]3C(=O)N(CC=C)C1CCCCC1)c1ccccc1. The quantitative estimate of drug-likeness (QED) is 0.136. The average molecular weight is 791 g/mol. The fourth-order valence-electron chi connectivity index (χ4n) is 9.21. The van der Waals surface area contributed by atoms with E-state index in [9.17, 15) is 14.7 Å². The molecule has 284 valence electrons. The number of hydrogen-bond donors (Lipinski definition) is 1. The molecule has 53 heavy (non-hydrogen) atoms. The Morgan fingerprint density at radius 2 is 1.68 bits per heavy atom. The van der Waals surface area contributed by atoms with Gasteiger partial charge in [-0.15, -0.1) is 13.2 Å². The average Bonchev–Trinajstić information content (AvgIpc) is 3.78. The molecule has 2 aromatic rings. The number of ether oxygens (including phenoxy) is 2. The van der Waals surface area contributed by atoms with Gasteiger partial charge in [0, 0.05) is 30.9 Å². The first-order valence-corrected chi connectivity index (χ1v) is 19.8. The number of hydrogen-bond acceptors (Lipinski definition) is 7. The predicted octanol–water partition coefficient (Wildman–Crippen LogP) is 5.91. The van der Waals surface area contributed by atoms with Gasteiger partial charge in [-0.2, -0.15) is 0 Å². The number of likely N-dealkylation sites (tertiary alicyclic amines) is 1. The van der Waals surface area contributed by atoms with Gasteiger partial charge in [-0.3, -0.25) is 19.2 Å². The van der Waals surface area contributed by atoms with E-state index in [0.717, 1.165) is 32.1 Å². The number of carbonyl (C=O) groups is 4. The van der Waals surface area contributed by atoms with Crippen LogP contribution in [0.25, 0.3) is 0 Å². The van der Waals surface area contributed by atoms with Crippen LogP contribution in [0.1, 0.15) is 81.6 Å². The minimum absolute atomic E-state index is 0.0237. The van der Waals surface area contributed by atoms with Crippen LogP contribution in [0.15, 0.2) is 86.0 Å². The number of aliphatic hydroxyl groups is 1. The van der Waals surface area contributed by atoms with Crippen molar-refractivity contribution >= 4 is 39.6 Å². The second kappa shape index (κ2) is 16.7. The third-order valence-corrected chi connectivity index (χ3v) is 12.8. The van der Waals surface area contributed by atoms with E-state index < -0.39 is 66.3 Å². The topological polar surface area (TPSA) is 117 Å². The van der Waals surface area contributed by atoms with Gasteiger partial charge in [0.25, 0.3) is 0 Å². The van der Waals surface area contributed by atoms with E-state index in [1.54, 1.807) is 24.1 Å². The highest BCUT2D eigenvalue weighted by atomic mass is 79.9. The van der Waals surface area contributed by atoms with Crippen molar-refractivity contribution in [3.05, 3.63) is 97.1 Å². The Morgan fingerprint density at radius 1 is 1.04 bits per heavy atom. The molecule has 9 atom stereocenters. The first-order valence-electron chi connectivity index (χ1n) is 18.9. The molecule has 2 bridgehead atoms. The number of esters is 1. The maximum atomic E-state index is 15.2. The van der Waals surface area contributed by atoms with Crippen molar-refractivity contribution in [2.24, 2.45) is 11.8 Å². The van der Waals surface area contributed by atoms with Crippen LogP contribution in [0.5, 0.6) is 0 Å². The third kappa shape index (κ3) is 7.24. The molecule has 0 radical (unpaired) electrons.